The molecule has 2 aromatic rings. The van der Waals surface area contributed by atoms with Crippen molar-refractivity contribution in [2.75, 3.05) is 0 Å². The Labute approximate surface area is 157 Å². The Morgan fingerprint density at radius 3 is 2.44 bits per heavy atom. The van der Waals surface area contributed by atoms with E-state index in [2.05, 4.69) is 0 Å². The van der Waals surface area contributed by atoms with Crippen LogP contribution in [0.25, 0.3) is 11.0 Å². The van der Waals surface area contributed by atoms with Gasteiger partial charge in [0.25, 0.3) is 0 Å². The summed E-state index contributed by atoms with van der Waals surface area (Å²) in [5, 5.41) is 0.793. The molecule has 0 N–H and O–H groups in total. The predicted octanol–water partition coefficient (Wildman–Crippen LogP) is 3.85. The van der Waals surface area contributed by atoms with Crippen molar-refractivity contribution >= 4 is 22.7 Å². The zero-order valence-electron chi connectivity index (χ0n) is 15.7. The van der Waals surface area contributed by atoms with Crippen LogP contribution in [0, 0.1) is 31.6 Å². The van der Waals surface area contributed by atoms with E-state index in [0.717, 1.165) is 35.8 Å². The summed E-state index contributed by atoms with van der Waals surface area (Å²) < 4.78 is 10.9. The molecule has 5 nitrogen and oxygen atoms in total. The molecule has 2 aliphatic rings. The van der Waals surface area contributed by atoms with E-state index in [-0.39, 0.29) is 30.3 Å². The van der Waals surface area contributed by atoms with Gasteiger partial charge in [0, 0.05) is 28.9 Å². The Morgan fingerprint density at radius 1 is 1.07 bits per heavy atom. The first-order valence-electron chi connectivity index (χ1n) is 9.66. The van der Waals surface area contributed by atoms with E-state index in [1.54, 1.807) is 0 Å². The van der Waals surface area contributed by atoms with Gasteiger partial charge in [-0.2, -0.15) is 0 Å². The van der Waals surface area contributed by atoms with Gasteiger partial charge in [-0.05, 0) is 62.8 Å². The number of ketones is 1. The molecule has 1 aromatic carbocycles. The zero-order valence-corrected chi connectivity index (χ0v) is 15.7. The van der Waals surface area contributed by atoms with Crippen LogP contribution in [0.15, 0.2) is 27.4 Å². The average Bonchev–Trinajstić information content (AvgIpc) is 2.60. The molecule has 1 unspecified atom stereocenters. The van der Waals surface area contributed by atoms with Crippen molar-refractivity contribution in [2.45, 2.75) is 52.6 Å². The number of esters is 1. The topological polar surface area (TPSA) is 73.6 Å². The minimum absolute atomic E-state index is 0.0188. The molecule has 2 bridgehead atoms. The third-order valence-electron chi connectivity index (χ3n) is 6.20. The largest absolute Gasteiger partial charge is 0.461 e. The first-order chi connectivity index (χ1) is 12.9. The number of ether oxygens (including phenoxy) is 1. The molecule has 2 aliphatic carbocycles. The summed E-state index contributed by atoms with van der Waals surface area (Å²) in [6.45, 7) is 4.00. The molecule has 2 saturated carbocycles. The van der Waals surface area contributed by atoms with Gasteiger partial charge in [0.2, 0.25) is 0 Å². The number of carbonyl (C=O) groups is 2. The molecule has 142 valence electrons. The number of Topliss-reactive ketones (excluding diaryl/α,β-unsaturated/α-hetero) is 1. The third kappa shape index (κ3) is 3.43. The van der Waals surface area contributed by atoms with Gasteiger partial charge in [-0.3, -0.25) is 9.59 Å². The van der Waals surface area contributed by atoms with Crippen molar-refractivity contribution in [1.82, 2.24) is 0 Å². The quantitative estimate of drug-likeness (QED) is 0.608. The molecule has 5 heteroatoms. The van der Waals surface area contributed by atoms with Crippen LogP contribution in [0.4, 0.5) is 0 Å². The van der Waals surface area contributed by atoms with Crippen molar-refractivity contribution in [3.05, 3.63) is 45.3 Å². The van der Waals surface area contributed by atoms with E-state index in [4.69, 9.17) is 9.15 Å². The molecular formula is C22H24O5. The summed E-state index contributed by atoms with van der Waals surface area (Å²) in [6, 6.07) is 5.19. The monoisotopic (exact) mass is 368 g/mol. The highest BCUT2D eigenvalue weighted by Gasteiger charge is 2.41. The Morgan fingerprint density at radius 2 is 1.74 bits per heavy atom. The zero-order chi connectivity index (χ0) is 19.1. The van der Waals surface area contributed by atoms with Gasteiger partial charge in [-0.15, -0.1) is 0 Å². The Hall–Kier alpha value is -2.43. The standard InChI is InChI=1S/C22H24O5/c1-12-6-18-17(10-20(23)27-19(18)7-13(12)2)11-26-22(25)16-8-14-4-3-5-15(9-16)21(14)24/h6-7,10,14-16H,3-5,8-9,11H2,1-2H3/t14-,15+,16?. The maximum atomic E-state index is 12.6. The predicted molar refractivity (Wildman–Crippen MR) is 100 cm³/mol. The van der Waals surface area contributed by atoms with Gasteiger partial charge < -0.3 is 9.15 Å². The number of hydrogen-bond donors (Lipinski definition) is 0. The number of aryl methyl sites for hydroxylation is 2. The van der Waals surface area contributed by atoms with Crippen molar-refractivity contribution in [3.8, 4) is 0 Å². The van der Waals surface area contributed by atoms with Crippen LogP contribution in [0.3, 0.4) is 0 Å². The fourth-order valence-electron chi connectivity index (χ4n) is 4.54. The van der Waals surface area contributed by atoms with Gasteiger partial charge in [0.05, 0.1) is 5.92 Å². The molecule has 0 radical (unpaired) electrons. The highest BCUT2D eigenvalue weighted by Crippen LogP contribution is 2.40. The molecule has 1 heterocycles. The Kier molecular flexibility index (Phi) is 4.62. The molecule has 4 rings (SSSR count). The average molecular weight is 368 g/mol. The SMILES string of the molecule is Cc1cc2oc(=O)cc(COC(=O)C3C[C@H]4CCC[C@@H](C3)C4=O)c2cc1C. The highest BCUT2D eigenvalue weighted by molar-refractivity contribution is 5.87. The van der Waals surface area contributed by atoms with Gasteiger partial charge in [-0.25, -0.2) is 4.79 Å². The lowest BCUT2D eigenvalue weighted by atomic mass is 9.67. The van der Waals surface area contributed by atoms with Crippen LogP contribution in [-0.2, 0) is 20.9 Å². The van der Waals surface area contributed by atoms with Crippen LogP contribution in [-0.4, -0.2) is 11.8 Å². The smallest absolute Gasteiger partial charge is 0.336 e. The number of carbonyl (C=O) groups excluding carboxylic acids is 2. The summed E-state index contributed by atoms with van der Waals surface area (Å²) in [6.07, 6.45) is 4.06. The van der Waals surface area contributed by atoms with Gasteiger partial charge in [0.1, 0.15) is 18.0 Å². The fourth-order valence-corrected chi connectivity index (χ4v) is 4.54. The minimum Gasteiger partial charge on any atom is -0.461 e. The van der Waals surface area contributed by atoms with Gasteiger partial charge in [-0.1, -0.05) is 6.42 Å². The highest BCUT2D eigenvalue weighted by atomic mass is 16.5. The molecule has 0 aliphatic heterocycles. The molecule has 3 atom stereocenters. The van der Waals surface area contributed by atoms with Crippen molar-refractivity contribution in [1.29, 1.82) is 0 Å². The van der Waals surface area contributed by atoms with E-state index >= 15 is 0 Å². The van der Waals surface area contributed by atoms with E-state index < -0.39 is 5.63 Å². The second-order valence-corrected chi connectivity index (χ2v) is 8.03. The molecule has 27 heavy (non-hydrogen) atoms. The molecule has 1 aromatic heterocycles. The summed E-state index contributed by atoms with van der Waals surface area (Å²) in [4.78, 5) is 36.7. The summed E-state index contributed by atoms with van der Waals surface area (Å²) >= 11 is 0. The number of hydrogen-bond acceptors (Lipinski definition) is 5. The molecular weight excluding hydrogens is 344 g/mol. The molecule has 0 amide bonds. The minimum atomic E-state index is -0.449. The van der Waals surface area contributed by atoms with E-state index in [0.29, 0.717) is 29.8 Å². The van der Waals surface area contributed by atoms with E-state index in [1.165, 1.54) is 6.07 Å². The van der Waals surface area contributed by atoms with Crippen molar-refractivity contribution < 1.29 is 18.7 Å². The first kappa shape index (κ1) is 18.0. The third-order valence-corrected chi connectivity index (χ3v) is 6.20. The van der Waals surface area contributed by atoms with Crippen LogP contribution < -0.4 is 5.63 Å². The van der Waals surface area contributed by atoms with E-state index in [9.17, 15) is 14.4 Å². The van der Waals surface area contributed by atoms with Crippen LogP contribution >= 0.6 is 0 Å². The number of fused-ring (bicyclic) bond motifs is 3. The van der Waals surface area contributed by atoms with Crippen LogP contribution in [0.5, 0.6) is 0 Å². The molecule has 0 saturated heterocycles. The van der Waals surface area contributed by atoms with Gasteiger partial charge >= 0.3 is 11.6 Å². The Bertz CT molecular complexity index is 955. The number of benzene rings is 1. The van der Waals surface area contributed by atoms with Crippen molar-refractivity contribution in [2.24, 2.45) is 17.8 Å². The summed E-state index contributed by atoms with van der Waals surface area (Å²) in [5.74, 6) is -0.101. The molecule has 2 fully saturated rings. The lowest BCUT2D eigenvalue weighted by Gasteiger charge is -2.36. The maximum Gasteiger partial charge on any atom is 0.336 e. The maximum absolute atomic E-state index is 12.6. The second kappa shape index (κ2) is 6.95. The lowest BCUT2D eigenvalue weighted by Crippen LogP contribution is -2.39. The van der Waals surface area contributed by atoms with Crippen LogP contribution in [0.2, 0.25) is 0 Å². The van der Waals surface area contributed by atoms with E-state index in [1.807, 2.05) is 26.0 Å². The Balaban J connectivity index is 1.52. The fraction of sp³-hybridized carbons (Fsp3) is 0.500. The van der Waals surface area contributed by atoms with Crippen molar-refractivity contribution in [3.63, 3.8) is 0 Å². The normalized spacial score (nSPS) is 24.8. The number of rotatable bonds is 3. The van der Waals surface area contributed by atoms with Crippen LogP contribution in [0.1, 0.15) is 48.8 Å². The second-order valence-electron chi connectivity index (χ2n) is 8.03. The van der Waals surface area contributed by atoms with Gasteiger partial charge in [0.15, 0.2) is 0 Å². The first-order valence-corrected chi connectivity index (χ1v) is 9.66. The summed E-state index contributed by atoms with van der Waals surface area (Å²) in [5.41, 5.74) is 2.84. The molecule has 0 spiro atoms. The summed E-state index contributed by atoms with van der Waals surface area (Å²) in [7, 11) is 0. The lowest BCUT2D eigenvalue weighted by molar-refractivity contribution is -0.154.